The third kappa shape index (κ3) is 2.76. The van der Waals surface area contributed by atoms with Crippen LogP contribution < -0.4 is 5.32 Å². The second kappa shape index (κ2) is 5.69. The standard InChI is InChI=1S/C13H21N/c1-4-5-8-11(2)12-9-6-7-10-13(12)14-3/h6-7,9-11,14H,4-5,8H2,1-3H3. The number of para-hydroxylation sites is 1. The second-order valence-electron chi connectivity index (χ2n) is 3.88. The van der Waals surface area contributed by atoms with Crippen molar-refractivity contribution in [3.63, 3.8) is 0 Å². The molecule has 1 unspecified atom stereocenters. The first-order chi connectivity index (χ1) is 6.79. The van der Waals surface area contributed by atoms with Gasteiger partial charge in [0.2, 0.25) is 0 Å². The first-order valence-electron chi connectivity index (χ1n) is 5.56. The monoisotopic (exact) mass is 191 g/mol. The average Bonchev–Trinajstić information content (AvgIpc) is 2.25. The molecule has 1 nitrogen and oxygen atoms in total. The van der Waals surface area contributed by atoms with E-state index in [0.717, 1.165) is 0 Å². The Kier molecular flexibility index (Phi) is 4.51. The Bertz CT molecular complexity index is 268. The van der Waals surface area contributed by atoms with Gasteiger partial charge in [-0.25, -0.2) is 0 Å². The van der Waals surface area contributed by atoms with E-state index in [-0.39, 0.29) is 0 Å². The summed E-state index contributed by atoms with van der Waals surface area (Å²) in [5.74, 6) is 0.665. The summed E-state index contributed by atoms with van der Waals surface area (Å²) in [6.07, 6.45) is 3.89. The van der Waals surface area contributed by atoms with Crippen LogP contribution in [0, 0.1) is 0 Å². The molecule has 0 saturated heterocycles. The largest absolute Gasteiger partial charge is 0.388 e. The van der Waals surface area contributed by atoms with Gasteiger partial charge in [-0.05, 0) is 24.0 Å². The Morgan fingerprint density at radius 2 is 2.00 bits per heavy atom. The van der Waals surface area contributed by atoms with Crippen LogP contribution in [-0.4, -0.2) is 7.05 Å². The van der Waals surface area contributed by atoms with Crippen molar-refractivity contribution in [2.75, 3.05) is 12.4 Å². The highest BCUT2D eigenvalue weighted by molar-refractivity contribution is 5.52. The number of unbranched alkanes of at least 4 members (excludes halogenated alkanes) is 1. The van der Waals surface area contributed by atoms with Gasteiger partial charge in [0.15, 0.2) is 0 Å². The quantitative estimate of drug-likeness (QED) is 0.741. The highest BCUT2D eigenvalue weighted by Crippen LogP contribution is 2.27. The summed E-state index contributed by atoms with van der Waals surface area (Å²) in [6, 6.07) is 8.59. The predicted octanol–water partition coefficient (Wildman–Crippen LogP) is 4.02. The van der Waals surface area contributed by atoms with Gasteiger partial charge >= 0.3 is 0 Å². The fourth-order valence-corrected chi connectivity index (χ4v) is 1.82. The summed E-state index contributed by atoms with van der Waals surface area (Å²) >= 11 is 0. The SMILES string of the molecule is CCCCC(C)c1ccccc1NC. The maximum absolute atomic E-state index is 3.25. The van der Waals surface area contributed by atoms with E-state index < -0.39 is 0 Å². The molecule has 0 aliphatic rings. The number of hydrogen-bond donors (Lipinski definition) is 1. The van der Waals surface area contributed by atoms with E-state index >= 15 is 0 Å². The van der Waals surface area contributed by atoms with E-state index in [1.165, 1.54) is 30.5 Å². The molecular formula is C13H21N. The molecule has 1 atom stereocenters. The molecule has 14 heavy (non-hydrogen) atoms. The molecule has 0 spiro atoms. The molecule has 0 aromatic heterocycles. The molecule has 1 N–H and O–H groups in total. The van der Waals surface area contributed by atoms with Gasteiger partial charge in [-0.15, -0.1) is 0 Å². The number of anilines is 1. The zero-order chi connectivity index (χ0) is 10.4. The lowest BCUT2D eigenvalue weighted by molar-refractivity contribution is 0.625. The molecule has 0 heterocycles. The number of rotatable bonds is 5. The van der Waals surface area contributed by atoms with Crippen LogP contribution in [0.5, 0.6) is 0 Å². The van der Waals surface area contributed by atoms with E-state index in [9.17, 15) is 0 Å². The normalized spacial score (nSPS) is 12.5. The smallest absolute Gasteiger partial charge is 0.0372 e. The van der Waals surface area contributed by atoms with Gasteiger partial charge in [-0.1, -0.05) is 44.9 Å². The minimum atomic E-state index is 0.665. The van der Waals surface area contributed by atoms with Crippen molar-refractivity contribution in [2.24, 2.45) is 0 Å². The Balaban J connectivity index is 2.72. The molecule has 0 radical (unpaired) electrons. The molecule has 0 bridgehead atoms. The van der Waals surface area contributed by atoms with Crippen molar-refractivity contribution in [2.45, 2.75) is 39.0 Å². The lowest BCUT2D eigenvalue weighted by atomic mass is 9.94. The third-order valence-corrected chi connectivity index (χ3v) is 2.75. The lowest BCUT2D eigenvalue weighted by Crippen LogP contribution is -1.99. The molecule has 1 aromatic rings. The molecule has 0 fully saturated rings. The highest BCUT2D eigenvalue weighted by Gasteiger charge is 2.08. The first-order valence-corrected chi connectivity index (χ1v) is 5.56. The van der Waals surface area contributed by atoms with E-state index in [2.05, 4.69) is 43.4 Å². The van der Waals surface area contributed by atoms with Crippen molar-refractivity contribution >= 4 is 5.69 Å². The van der Waals surface area contributed by atoms with Gasteiger partial charge in [0.05, 0.1) is 0 Å². The summed E-state index contributed by atoms with van der Waals surface area (Å²) in [5.41, 5.74) is 2.72. The maximum Gasteiger partial charge on any atom is 0.0372 e. The minimum Gasteiger partial charge on any atom is -0.388 e. The van der Waals surface area contributed by atoms with Crippen LogP contribution >= 0.6 is 0 Å². The number of hydrogen-bond acceptors (Lipinski definition) is 1. The molecule has 1 aromatic carbocycles. The topological polar surface area (TPSA) is 12.0 Å². The molecular weight excluding hydrogens is 170 g/mol. The van der Waals surface area contributed by atoms with E-state index in [1.54, 1.807) is 0 Å². The Labute approximate surface area is 87.5 Å². The Hall–Kier alpha value is -0.980. The molecule has 0 saturated carbocycles. The van der Waals surface area contributed by atoms with Crippen molar-refractivity contribution in [3.05, 3.63) is 29.8 Å². The van der Waals surface area contributed by atoms with E-state index in [0.29, 0.717) is 5.92 Å². The van der Waals surface area contributed by atoms with Gasteiger partial charge in [0, 0.05) is 12.7 Å². The summed E-state index contributed by atoms with van der Waals surface area (Å²) in [5, 5.41) is 3.25. The van der Waals surface area contributed by atoms with Crippen LogP contribution in [0.15, 0.2) is 24.3 Å². The van der Waals surface area contributed by atoms with E-state index in [1.807, 2.05) is 7.05 Å². The van der Waals surface area contributed by atoms with Crippen molar-refractivity contribution in [3.8, 4) is 0 Å². The third-order valence-electron chi connectivity index (χ3n) is 2.75. The minimum absolute atomic E-state index is 0.665. The molecule has 78 valence electrons. The maximum atomic E-state index is 3.25. The summed E-state index contributed by atoms with van der Waals surface area (Å²) in [4.78, 5) is 0. The van der Waals surface area contributed by atoms with Gasteiger partial charge in [-0.2, -0.15) is 0 Å². The summed E-state index contributed by atoms with van der Waals surface area (Å²) < 4.78 is 0. The number of benzene rings is 1. The zero-order valence-electron chi connectivity index (χ0n) is 9.51. The van der Waals surface area contributed by atoms with Crippen LogP contribution in [0.1, 0.15) is 44.6 Å². The number of nitrogens with one attached hydrogen (secondary N) is 1. The van der Waals surface area contributed by atoms with Crippen molar-refractivity contribution < 1.29 is 0 Å². The van der Waals surface area contributed by atoms with Crippen molar-refractivity contribution in [1.29, 1.82) is 0 Å². The van der Waals surface area contributed by atoms with Crippen LogP contribution in [-0.2, 0) is 0 Å². The van der Waals surface area contributed by atoms with Gasteiger partial charge in [-0.3, -0.25) is 0 Å². The van der Waals surface area contributed by atoms with Gasteiger partial charge in [0.25, 0.3) is 0 Å². The fourth-order valence-electron chi connectivity index (χ4n) is 1.82. The summed E-state index contributed by atoms with van der Waals surface area (Å²) in [6.45, 7) is 4.56. The summed E-state index contributed by atoms with van der Waals surface area (Å²) in [7, 11) is 1.99. The van der Waals surface area contributed by atoms with Crippen LogP contribution in [0.3, 0.4) is 0 Å². The van der Waals surface area contributed by atoms with Crippen LogP contribution in [0.25, 0.3) is 0 Å². The lowest BCUT2D eigenvalue weighted by Gasteiger charge is -2.15. The molecule has 0 amide bonds. The Morgan fingerprint density at radius 3 is 2.64 bits per heavy atom. The molecule has 0 aliphatic heterocycles. The second-order valence-corrected chi connectivity index (χ2v) is 3.88. The van der Waals surface area contributed by atoms with Gasteiger partial charge in [0.1, 0.15) is 0 Å². The fraction of sp³-hybridized carbons (Fsp3) is 0.538. The van der Waals surface area contributed by atoms with E-state index in [4.69, 9.17) is 0 Å². The van der Waals surface area contributed by atoms with Gasteiger partial charge < -0.3 is 5.32 Å². The van der Waals surface area contributed by atoms with Crippen molar-refractivity contribution in [1.82, 2.24) is 0 Å². The highest BCUT2D eigenvalue weighted by atomic mass is 14.8. The van der Waals surface area contributed by atoms with Crippen LogP contribution in [0.2, 0.25) is 0 Å². The average molecular weight is 191 g/mol. The Morgan fingerprint density at radius 1 is 1.29 bits per heavy atom. The molecule has 0 aliphatic carbocycles. The zero-order valence-corrected chi connectivity index (χ0v) is 9.51. The first kappa shape index (κ1) is 11.1. The van der Waals surface area contributed by atoms with Crippen LogP contribution in [0.4, 0.5) is 5.69 Å². The molecule has 1 rings (SSSR count). The predicted molar refractivity (Wildman–Crippen MR) is 63.9 cm³/mol. The molecule has 1 heteroatoms.